The third kappa shape index (κ3) is 5.91. The van der Waals surface area contributed by atoms with Crippen molar-refractivity contribution >= 4 is 17.7 Å². The molecule has 0 aliphatic rings. The number of aromatic nitrogens is 2. The Balaban J connectivity index is 1.58. The molecule has 31 heavy (non-hydrogen) atoms. The maximum atomic E-state index is 12.3. The molecule has 1 aromatic carbocycles. The van der Waals surface area contributed by atoms with Gasteiger partial charge in [-0.2, -0.15) is 0 Å². The lowest BCUT2D eigenvalue weighted by Gasteiger charge is -2.19. The van der Waals surface area contributed by atoms with Crippen LogP contribution in [0.2, 0.25) is 0 Å². The maximum absolute atomic E-state index is 12.3. The third-order valence-corrected chi connectivity index (χ3v) is 4.31. The number of benzene rings is 1. The van der Waals surface area contributed by atoms with Crippen LogP contribution in [0.25, 0.3) is 5.65 Å². The molecule has 162 valence electrons. The number of carbonyl (C=O) groups is 2. The molecule has 0 spiro atoms. The highest BCUT2D eigenvalue weighted by molar-refractivity contribution is 5.89. The van der Waals surface area contributed by atoms with E-state index in [1.807, 2.05) is 19.1 Å². The van der Waals surface area contributed by atoms with Crippen LogP contribution in [0.15, 0.2) is 53.3 Å². The van der Waals surface area contributed by atoms with Crippen molar-refractivity contribution in [3.8, 4) is 0 Å². The van der Waals surface area contributed by atoms with E-state index < -0.39 is 17.7 Å². The minimum atomic E-state index is -0.567. The fourth-order valence-corrected chi connectivity index (χ4v) is 2.91. The average Bonchev–Trinajstić information content (AvgIpc) is 2.69. The molecule has 3 aromatic rings. The highest BCUT2D eigenvalue weighted by atomic mass is 16.6. The second kappa shape index (κ2) is 8.99. The van der Waals surface area contributed by atoms with Gasteiger partial charge < -0.3 is 14.8 Å². The van der Waals surface area contributed by atoms with Crippen molar-refractivity contribution in [1.29, 1.82) is 0 Å². The molecule has 0 atom stereocenters. The smallest absolute Gasteiger partial charge is 0.407 e. The number of ether oxygens (including phenoxy) is 2. The number of fused-ring (bicyclic) bond motifs is 1. The minimum Gasteiger partial charge on any atom is -0.456 e. The van der Waals surface area contributed by atoms with Crippen LogP contribution >= 0.6 is 0 Å². The Kier molecular flexibility index (Phi) is 6.39. The summed E-state index contributed by atoms with van der Waals surface area (Å²) in [7, 11) is 0. The monoisotopic (exact) mass is 423 g/mol. The van der Waals surface area contributed by atoms with E-state index in [0.717, 1.165) is 11.3 Å². The van der Waals surface area contributed by atoms with Crippen LogP contribution in [0, 0.1) is 6.92 Å². The first-order valence-corrected chi connectivity index (χ1v) is 9.83. The SMILES string of the molecule is Cc1cccc2nc(COC(=O)c3ccc(CNC(=O)OC(C)(C)C)cc3)cc(=O)n12. The van der Waals surface area contributed by atoms with Gasteiger partial charge in [0.25, 0.3) is 5.56 Å². The predicted octanol–water partition coefficient (Wildman–Crippen LogP) is 3.38. The first kappa shape index (κ1) is 22.0. The molecule has 8 heteroatoms. The number of rotatable bonds is 5. The summed E-state index contributed by atoms with van der Waals surface area (Å²) >= 11 is 0. The number of carbonyl (C=O) groups excluding carboxylic acids is 2. The lowest BCUT2D eigenvalue weighted by molar-refractivity contribution is 0.0465. The lowest BCUT2D eigenvalue weighted by Crippen LogP contribution is -2.32. The molecule has 0 unspecified atom stereocenters. The summed E-state index contributed by atoms with van der Waals surface area (Å²) in [4.78, 5) is 40.7. The van der Waals surface area contributed by atoms with Gasteiger partial charge in [-0.05, 0) is 57.5 Å². The van der Waals surface area contributed by atoms with Crippen molar-refractivity contribution in [2.45, 2.75) is 46.4 Å². The molecule has 0 aliphatic carbocycles. The number of hydrogen-bond acceptors (Lipinski definition) is 6. The van der Waals surface area contributed by atoms with Gasteiger partial charge in [0, 0.05) is 18.3 Å². The van der Waals surface area contributed by atoms with Gasteiger partial charge in [0.05, 0.1) is 11.3 Å². The third-order valence-electron chi connectivity index (χ3n) is 4.31. The number of nitrogens with zero attached hydrogens (tertiary/aromatic N) is 2. The normalized spacial score (nSPS) is 11.2. The van der Waals surface area contributed by atoms with E-state index in [1.165, 1.54) is 10.5 Å². The fraction of sp³-hybridized carbons (Fsp3) is 0.304. The zero-order valence-corrected chi connectivity index (χ0v) is 18.0. The average molecular weight is 423 g/mol. The van der Waals surface area contributed by atoms with Crippen LogP contribution in [-0.4, -0.2) is 27.0 Å². The zero-order valence-electron chi connectivity index (χ0n) is 18.0. The first-order chi connectivity index (χ1) is 14.6. The summed E-state index contributed by atoms with van der Waals surface area (Å²) in [5.74, 6) is -0.530. The van der Waals surface area contributed by atoms with E-state index >= 15 is 0 Å². The van der Waals surface area contributed by atoms with Crippen LogP contribution in [0.1, 0.15) is 48.1 Å². The predicted molar refractivity (Wildman–Crippen MR) is 115 cm³/mol. The summed E-state index contributed by atoms with van der Waals surface area (Å²) in [6.07, 6.45) is -0.509. The summed E-state index contributed by atoms with van der Waals surface area (Å²) in [6.45, 7) is 7.35. The molecule has 0 fully saturated rings. The van der Waals surface area contributed by atoms with Crippen LogP contribution in [-0.2, 0) is 22.6 Å². The Morgan fingerprint density at radius 3 is 2.48 bits per heavy atom. The maximum Gasteiger partial charge on any atom is 0.407 e. The lowest BCUT2D eigenvalue weighted by atomic mass is 10.1. The van der Waals surface area contributed by atoms with E-state index in [0.29, 0.717) is 16.9 Å². The molecule has 2 aromatic heterocycles. The molecule has 0 radical (unpaired) electrons. The molecule has 0 saturated heterocycles. The van der Waals surface area contributed by atoms with Gasteiger partial charge in [-0.15, -0.1) is 0 Å². The van der Waals surface area contributed by atoms with E-state index in [4.69, 9.17) is 9.47 Å². The molecular weight excluding hydrogens is 398 g/mol. The van der Waals surface area contributed by atoms with Crippen LogP contribution in [0.3, 0.4) is 0 Å². The van der Waals surface area contributed by atoms with Gasteiger partial charge >= 0.3 is 12.1 Å². The second-order valence-corrected chi connectivity index (χ2v) is 8.07. The van der Waals surface area contributed by atoms with Gasteiger partial charge in [0.15, 0.2) is 0 Å². The van der Waals surface area contributed by atoms with Crippen molar-refractivity contribution in [2.75, 3.05) is 0 Å². The number of aryl methyl sites for hydroxylation is 1. The molecule has 0 bridgehead atoms. The summed E-state index contributed by atoms with van der Waals surface area (Å²) < 4.78 is 12.0. The molecule has 1 amide bonds. The largest absolute Gasteiger partial charge is 0.456 e. The number of pyridine rings is 1. The Hall–Kier alpha value is -3.68. The number of nitrogens with one attached hydrogen (secondary N) is 1. The Morgan fingerprint density at radius 2 is 1.81 bits per heavy atom. The van der Waals surface area contributed by atoms with Gasteiger partial charge in [-0.25, -0.2) is 14.6 Å². The highest BCUT2D eigenvalue weighted by Gasteiger charge is 2.16. The Bertz CT molecular complexity index is 1160. The van der Waals surface area contributed by atoms with Crippen molar-refractivity contribution < 1.29 is 19.1 Å². The standard InChI is InChI=1S/C23H25N3O5/c1-15-6-5-7-19-25-18(12-20(27)26(15)19)14-30-21(28)17-10-8-16(9-11-17)13-24-22(29)31-23(2,3)4/h5-12H,13-14H2,1-4H3,(H,24,29). The van der Waals surface area contributed by atoms with E-state index in [-0.39, 0.29) is 18.7 Å². The minimum absolute atomic E-state index is 0.111. The van der Waals surface area contributed by atoms with Gasteiger partial charge in [0.2, 0.25) is 0 Å². The molecule has 0 aliphatic heterocycles. The second-order valence-electron chi connectivity index (χ2n) is 8.07. The van der Waals surface area contributed by atoms with E-state index in [2.05, 4.69) is 10.3 Å². The quantitative estimate of drug-likeness (QED) is 0.632. The first-order valence-electron chi connectivity index (χ1n) is 9.83. The van der Waals surface area contributed by atoms with E-state index in [1.54, 1.807) is 51.1 Å². The Morgan fingerprint density at radius 1 is 1.10 bits per heavy atom. The Labute approximate surface area is 179 Å². The van der Waals surface area contributed by atoms with Crippen molar-refractivity contribution in [3.63, 3.8) is 0 Å². The van der Waals surface area contributed by atoms with E-state index in [9.17, 15) is 14.4 Å². The van der Waals surface area contributed by atoms with Gasteiger partial charge in [0.1, 0.15) is 17.9 Å². The topological polar surface area (TPSA) is 99.0 Å². The molecular formula is C23H25N3O5. The van der Waals surface area contributed by atoms with Crippen LogP contribution < -0.4 is 10.9 Å². The van der Waals surface area contributed by atoms with Crippen molar-refractivity contribution in [3.05, 3.63) is 81.4 Å². The fourth-order valence-electron chi connectivity index (χ4n) is 2.91. The summed E-state index contributed by atoms with van der Waals surface area (Å²) in [5, 5.41) is 2.66. The van der Waals surface area contributed by atoms with Gasteiger partial charge in [-0.3, -0.25) is 9.20 Å². The number of esters is 1. The summed E-state index contributed by atoms with van der Waals surface area (Å²) in [6, 6.07) is 13.4. The summed E-state index contributed by atoms with van der Waals surface area (Å²) in [5.41, 5.74) is 2.02. The van der Waals surface area contributed by atoms with Crippen molar-refractivity contribution in [2.24, 2.45) is 0 Å². The molecule has 0 saturated carbocycles. The van der Waals surface area contributed by atoms with Gasteiger partial charge in [-0.1, -0.05) is 18.2 Å². The van der Waals surface area contributed by atoms with Crippen molar-refractivity contribution in [1.82, 2.24) is 14.7 Å². The number of alkyl carbamates (subject to hydrolysis) is 1. The zero-order chi connectivity index (χ0) is 22.6. The van der Waals surface area contributed by atoms with Crippen LogP contribution in [0.5, 0.6) is 0 Å². The molecule has 2 heterocycles. The highest BCUT2D eigenvalue weighted by Crippen LogP contribution is 2.10. The molecule has 1 N–H and O–H groups in total. The molecule has 8 nitrogen and oxygen atoms in total. The van der Waals surface area contributed by atoms with Crippen LogP contribution in [0.4, 0.5) is 4.79 Å². The number of hydrogen-bond donors (Lipinski definition) is 1. The molecule has 3 rings (SSSR count). The number of amides is 1.